The minimum atomic E-state index is -0.474. The highest BCUT2D eigenvalue weighted by atomic mass is 16.3. The predicted molar refractivity (Wildman–Crippen MR) is 119 cm³/mol. The second-order valence-corrected chi connectivity index (χ2v) is 9.62. The van der Waals surface area contributed by atoms with E-state index in [9.17, 15) is 14.7 Å². The molecule has 1 aromatic heterocycles. The fraction of sp³-hybridized carbons (Fsp3) is 0.667. The number of hydrogen-bond acceptors (Lipinski definition) is 5. The zero-order valence-corrected chi connectivity index (χ0v) is 19.0. The normalized spacial score (nSPS) is 27.2. The number of amides is 2. The quantitative estimate of drug-likeness (QED) is 0.674. The van der Waals surface area contributed by atoms with Gasteiger partial charge in [-0.15, -0.1) is 0 Å². The van der Waals surface area contributed by atoms with Crippen LogP contribution in [0.2, 0.25) is 0 Å². The van der Waals surface area contributed by atoms with Gasteiger partial charge in [-0.3, -0.25) is 19.4 Å². The molecule has 8 nitrogen and oxygen atoms in total. The molecular formula is C24H35N3O5. The third-order valence-corrected chi connectivity index (χ3v) is 7.25. The summed E-state index contributed by atoms with van der Waals surface area (Å²) in [5.74, 6) is 0.768. The lowest BCUT2D eigenvalue weighted by atomic mass is 9.68. The summed E-state index contributed by atoms with van der Waals surface area (Å²) in [6.45, 7) is 5.39. The van der Waals surface area contributed by atoms with Crippen LogP contribution < -0.4 is 0 Å². The first-order valence-electron chi connectivity index (χ1n) is 11.6. The first-order chi connectivity index (χ1) is 15.3. The fourth-order valence-corrected chi connectivity index (χ4v) is 5.67. The molecule has 3 fully saturated rings. The van der Waals surface area contributed by atoms with Crippen molar-refractivity contribution in [2.45, 2.75) is 77.0 Å². The van der Waals surface area contributed by atoms with Gasteiger partial charge in [0.2, 0.25) is 5.91 Å². The number of hydrogen-bond donors (Lipinski definition) is 2. The molecule has 3 aliphatic heterocycles. The molecule has 176 valence electrons. The second-order valence-electron chi connectivity index (χ2n) is 9.62. The third kappa shape index (κ3) is 4.80. The van der Waals surface area contributed by atoms with Gasteiger partial charge in [0.15, 0.2) is 0 Å². The molecule has 1 aromatic rings. The van der Waals surface area contributed by atoms with Crippen molar-refractivity contribution >= 4 is 18.3 Å². The number of piperidine rings is 1. The van der Waals surface area contributed by atoms with E-state index in [-0.39, 0.29) is 36.5 Å². The number of aliphatic hydroxyl groups excluding tert-OH is 1. The minimum Gasteiger partial charge on any atom is -0.483 e. The lowest BCUT2D eigenvalue weighted by Gasteiger charge is -2.42. The number of carbonyl (C=O) groups is 3. The van der Waals surface area contributed by atoms with Crippen molar-refractivity contribution in [1.82, 2.24) is 14.8 Å². The largest absolute Gasteiger partial charge is 0.483 e. The molecule has 0 saturated carbocycles. The van der Waals surface area contributed by atoms with Crippen LogP contribution in [0.25, 0.3) is 0 Å². The van der Waals surface area contributed by atoms with Crippen molar-refractivity contribution in [2.24, 2.45) is 11.3 Å². The van der Waals surface area contributed by atoms with Crippen molar-refractivity contribution in [3.05, 3.63) is 30.1 Å². The molecule has 0 radical (unpaired) electrons. The highest BCUT2D eigenvalue weighted by Crippen LogP contribution is 2.54. The summed E-state index contributed by atoms with van der Waals surface area (Å²) in [7, 11) is 0. The van der Waals surface area contributed by atoms with Gasteiger partial charge in [-0.25, -0.2) is 0 Å². The van der Waals surface area contributed by atoms with E-state index in [2.05, 4.69) is 18.8 Å². The van der Waals surface area contributed by atoms with Gasteiger partial charge in [-0.05, 0) is 63.0 Å². The Hall–Kier alpha value is -2.48. The first kappa shape index (κ1) is 24.2. The van der Waals surface area contributed by atoms with Gasteiger partial charge >= 0.3 is 0 Å². The van der Waals surface area contributed by atoms with Crippen LogP contribution in [0.15, 0.2) is 24.5 Å². The number of fused-ring (bicyclic) bond motifs is 2. The van der Waals surface area contributed by atoms with Gasteiger partial charge in [0.1, 0.15) is 0 Å². The zero-order valence-electron chi connectivity index (χ0n) is 19.0. The molecule has 4 rings (SSSR count). The van der Waals surface area contributed by atoms with Crippen molar-refractivity contribution in [1.29, 1.82) is 0 Å². The Balaban J connectivity index is 0.000000913. The number of nitrogens with zero attached hydrogens (tertiary/aromatic N) is 3. The molecule has 0 aliphatic carbocycles. The molecule has 2 amide bonds. The molecule has 3 atom stereocenters. The summed E-state index contributed by atoms with van der Waals surface area (Å²) >= 11 is 0. The molecule has 32 heavy (non-hydrogen) atoms. The molecule has 2 bridgehead atoms. The highest BCUT2D eigenvalue weighted by Gasteiger charge is 2.61. The maximum atomic E-state index is 13.8. The molecule has 4 heterocycles. The highest BCUT2D eigenvalue weighted by molar-refractivity contribution is 5.96. The van der Waals surface area contributed by atoms with Gasteiger partial charge in [0, 0.05) is 43.1 Å². The Morgan fingerprint density at radius 1 is 1.19 bits per heavy atom. The van der Waals surface area contributed by atoms with Crippen LogP contribution in [-0.4, -0.2) is 74.6 Å². The SMILES string of the molecule is CC(C)CC[C@]1(C(=O)N2CCC(O)CC2)C[C@H]2CC[C@@H]1N2C(=O)c1ccncc1.O=CO. The number of aliphatic hydroxyl groups is 1. The van der Waals surface area contributed by atoms with Crippen LogP contribution in [0.3, 0.4) is 0 Å². The summed E-state index contributed by atoms with van der Waals surface area (Å²) in [4.78, 5) is 43.5. The van der Waals surface area contributed by atoms with Crippen LogP contribution in [0.1, 0.15) is 69.2 Å². The van der Waals surface area contributed by atoms with E-state index < -0.39 is 5.41 Å². The van der Waals surface area contributed by atoms with Crippen LogP contribution in [0.4, 0.5) is 0 Å². The number of likely N-dealkylation sites (tertiary alicyclic amines) is 1. The van der Waals surface area contributed by atoms with Crippen LogP contribution in [0, 0.1) is 11.3 Å². The Bertz CT molecular complexity index is 794. The standard InChI is InChI=1S/C23H33N3O3.CH2O2/c1-16(2)5-10-23(22(29)25-13-8-19(27)9-14-25)15-18-3-4-20(23)26(18)21(28)17-6-11-24-12-7-17;2-1-3/h6-7,11-12,16,18-20,27H,3-5,8-10,13-15H2,1-2H3;1H,(H,2,3)/t18-,20+,23+;/m1./s1. The summed E-state index contributed by atoms with van der Waals surface area (Å²) < 4.78 is 0. The van der Waals surface area contributed by atoms with Gasteiger partial charge in [0.05, 0.1) is 11.5 Å². The second kappa shape index (κ2) is 10.4. The zero-order chi connectivity index (χ0) is 23.3. The molecular weight excluding hydrogens is 410 g/mol. The number of aromatic nitrogens is 1. The molecule has 3 aliphatic rings. The number of rotatable bonds is 5. The Morgan fingerprint density at radius 3 is 2.41 bits per heavy atom. The third-order valence-electron chi connectivity index (χ3n) is 7.25. The average molecular weight is 446 g/mol. The smallest absolute Gasteiger partial charge is 0.290 e. The van der Waals surface area contributed by atoms with Gasteiger partial charge < -0.3 is 20.0 Å². The molecule has 0 unspecified atom stereocenters. The van der Waals surface area contributed by atoms with Crippen LogP contribution in [0.5, 0.6) is 0 Å². The average Bonchev–Trinajstić information content (AvgIpc) is 3.35. The van der Waals surface area contributed by atoms with Gasteiger partial charge in [-0.1, -0.05) is 13.8 Å². The number of carboxylic acid groups (broad SMARTS) is 1. The predicted octanol–water partition coefficient (Wildman–Crippen LogP) is 2.57. The summed E-state index contributed by atoms with van der Waals surface area (Å²) in [5, 5.41) is 16.8. The van der Waals surface area contributed by atoms with Crippen LogP contribution in [-0.2, 0) is 9.59 Å². The maximum Gasteiger partial charge on any atom is 0.290 e. The Labute approximate surface area is 189 Å². The molecule has 0 spiro atoms. The van der Waals surface area contributed by atoms with E-state index in [0.717, 1.165) is 32.1 Å². The Kier molecular flexibility index (Phi) is 7.87. The van der Waals surface area contributed by atoms with Crippen LogP contribution >= 0.6 is 0 Å². The van der Waals surface area contributed by atoms with E-state index in [1.807, 2.05) is 9.80 Å². The minimum absolute atomic E-state index is 0.0220. The molecule has 2 N–H and O–H groups in total. The van der Waals surface area contributed by atoms with Gasteiger partial charge in [0.25, 0.3) is 12.4 Å². The summed E-state index contributed by atoms with van der Waals surface area (Å²) in [5.41, 5.74) is 0.183. The monoisotopic (exact) mass is 445 g/mol. The van der Waals surface area contributed by atoms with Crippen molar-refractivity contribution in [3.63, 3.8) is 0 Å². The van der Waals surface area contributed by atoms with E-state index >= 15 is 0 Å². The van der Waals surface area contributed by atoms with Crippen molar-refractivity contribution < 1.29 is 24.6 Å². The van der Waals surface area contributed by atoms with E-state index in [4.69, 9.17) is 9.90 Å². The van der Waals surface area contributed by atoms with Gasteiger partial charge in [-0.2, -0.15) is 0 Å². The van der Waals surface area contributed by atoms with Crippen molar-refractivity contribution in [2.75, 3.05) is 13.1 Å². The lowest BCUT2D eigenvalue weighted by Crippen LogP contribution is -2.53. The first-order valence-corrected chi connectivity index (χ1v) is 11.6. The number of pyridine rings is 1. The summed E-state index contributed by atoms with van der Waals surface area (Å²) in [6, 6.07) is 3.66. The lowest BCUT2D eigenvalue weighted by molar-refractivity contribution is -0.146. The molecule has 3 saturated heterocycles. The topological polar surface area (TPSA) is 111 Å². The van der Waals surface area contributed by atoms with E-state index in [1.54, 1.807) is 24.5 Å². The van der Waals surface area contributed by atoms with E-state index in [1.165, 1.54) is 0 Å². The fourth-order valence-electron chi connectivity index (χ4n) is 5.67. The summed E-state index contributed by atoms with van der Waals surface area (Å²) in [6.07, 6.45) is 8.81. The molecule has 8 heteroatoms. The Morgan fingerprint density at radius 2 is 1.81 bits per heavy atom. The molecule has 0 aromatic carbocycles. The van der Waals surface area contributed by atoms with E-state index in [0.29, 0.717) is 37.4 Å². The number of carbonyl (C=O) groups excluding carboxylic acids is 2. The van der Waals surface area contributed by atoms with Crippen molar-refractivity contribution in [3.8, 4) is 0 Å². The maximum absolute atomic E-state index is 13.8.